The molecule has 2 aromatic rings. The van der Waals surface area contributed by atoms with Crippen molar-refractivity contribution in [2.24, 2.45) is 0 Å². The molecule has 0 aliphatic carbocycles. The molecule has 2 aromatic carbocycles. The molecule has 20 heavy (non-hydrogen) atoms. The summed E-state index contributed by atoms with van der Waals surface area (Å²) < 4.78 is 5.66. The molecule has 4 nitrogen and oxygen atoms in total. The van der Waals surface area contributed by atoms with Gasteiger partial charge in [0, 0.05) is 11.6 Å². The minimum atomic E-state index is -1.01. The molecule has 0 spiro atoms. The first-order valence-electron chi connectivity index (χ1n) is 6.12. The number of benzene rings is 2. The maximum absolute atomic E-state index is 10.3. The number of halogens is 1. The molecule has 0 saturated heterocycles. The monoisotopic (exact) mass is 291 g/mol. The van der Waals surface area contributed by atoms with Gasteiger partial charge in [-0.1, -0.05) is 23.7 Å². The zero-order valence-corrected chi connectivity index (χ0v) is 11.4. The Kier molecular flexibility index (Phi) is 4.85. The predicted molar refractivity (Wildman–Crippen MR) is 77.7 cm³/mol. The molecule has 1 amide bonds. The number of hydrogen-bond donors (Lipinski definition) is 2. The Morgan fingerprint density at radius 3 is 2.15 bits per heavy atom. The number of amides is 1. The maximum atomic E-state index is 10.3. The van der Waals surface area contributed by atoms with E-state index < -0.39 is 6.09 Å². The summed E-state index contributed by atoms with van der Waals surface area (Å²) >= 11 is 5.80. The summed E-state index contributed by atoms with van der Waals surface area (Å²) in [6.45, 7) is 0.396. The fourth-order valence-corrected chi connectivity index (χ4v) is 1.80. The van der Waals surface area contributed by atoms with Crippen LogP contribution in [-0.2, 0) is 6.42 Å². The predicted octanol–water partition coefficient (Wildman–Crippen LogP) is 3.94. The number of carbonyl (C=O) groups is 1. The van der Waals surface area contributed by atoms with E-state index in [0.717, 1.165) is 17.1 Å². The minimum absolute atomic E-state index is 0.396. The highest BCUT2D eigenvalue weighted by atomic mass is 35.5. The van der Waals surface area contributed by atoms with Crippen LogP contribution in [0.5, 0.6) is 11.5 Å². The van der Waals surface area contributed by atoms with Crippen LogP contribution in [0.1, 0.15) is 5.56 Å². The molecule has 0 fully saturated rings. The van der Waals surface area contributed by atoms with Crippen molar-refractivity contribution in [1.29, 1.82) is 0 Å². The number of nitrogens with one attached hydrogen (secondary N) is 1. The third-order valence-corrected chi connectivity index (χ3v) is 2.91. The molecule has 2 N–H and O–H groups in total. The molecule has 0 aliphatic rings. The number of ether oxygens (including phenoxy) is 1. The second kappa shape index (κ2) is 6.82. The van der Waals surface area contributed by atoms with Gasteiger partial charge in [-0.15, -0.1) is 0 Å². The Labute approximate surface area is 122 Å². The number of hydrogen-bond acceptors (Lipinski definition) is 2. The fraction of sp³-hybridized carbons (Fsp3) is 0.133. The van der Waals surface area contributed by atoms with Crippen LogP contribution in [0, 0.1) is 0 Å². The summed E-state index contributed by atoms with van der Waals surface area (Å²) in [5.74, 6) is 1.44. The van der Waals surface area contributed by atoms with E-state index in [1.807, 2.05) is 24.3 Å². The van der Waals surface area contributed by atoms with Gasteiger partial charge in [-0.2, -0.15) is 0 Å². The van der Waals surface area contributed by atoms with Gasteiger partial charge < -0.3 is 15.2 Å². The largest absolute Gasteiger partial charge is 0.465 e. The van der Waals surface area contributed by atoms with Crippen molar-refractivity contribution in [3.05, 3.63) is 59.1 Å². The minimum Gasteiger partial charge on any atom is -0.465 e. The van der Waals surface area contributed by atoms with E-state index in [4.69, 9.17) is 21.4 Å². The highest BCUT2D eigenvalue weighted by Crippen LogP contribution is 2.23. The molecule has 0 radical (unpaired) electrons. The van der Waals surface area contributed by atoms with Crippen molar-refractivity contribution in [1.82, 2.24) is 5.32 Å². The molecular weight excluding hydrogens is 278 g/mol. The first-order valence-corrected chi connectivity index (χ1v) is 6.50. The SMILES string of the molecule is O=C(O)NCCc1ccc(Oc2ccc(Cl)cc2)cc1. The Morgan fingerprint density at radius 1 is 1.05 bits per heavy atom. The molecule has 0 unspecified atom stereocenters. The second-order valence-corrected chi connectivity index (χ2v) is 4.62. The van der Waals surface area contributed by atoms with E-state index in [1.54, 1.807) is 24.3 Å². The molecule has 0 aliphatic heterocycles. The normalized spacial score (nSPS) is 10.1. The van der Waals surface area contributed by atoms with Crippen LogP contribution in [0.3, 0.4) is 0 Å². The molecule has 0 heterocycles. The molecule has 0 saturated carbocycles. The van der Waals surface area contributed by atoms with E-state index in [9.17, 15) is 4.79 Å². The highest BCUT2D eigenvalue weighted by Gasteiger charge is 1.99. The van der Waals surface area contributed by atoms with Crippen molar-refractivity contribution < 1.29 is 14.6 Å². The average Bonchev–Trinajstić information content (AvgIpc) is 2.43. The second-order valence-electron chi connectivity index (χ2n) is 4.18. The standard InChI is InChI=1S/C15H14ClNO3/c16-12-3-7-14(8-4-12)20-13-5-1-11(2-6-13)9-10-17-15(18)19/h1-8,17H,9-10H2,(H,18,19). The summed E-state index contributed by atoms with van der Waals surface area (Å²) in [4.78, 5) is 10.3. The molecular formula is C15H14ClNO3. The summed E-state index contributed by atoms with van der Waals surface area (Å²) in [6.07, 6.45) is -0.360. The summed E-state index contributed by atoms with van der Waals surface area (Å²) in [6, 6.07) is 14.7. The lowest BCUT2D eigenvalue weighted by Gasteiger charge is -2.07. The van der Waals surface area contributed by atoms with Gasteiger partial charge in [-0.25, -0.2) is 4.79 Å². The Hall–Kier alpha value is -2.20. The van der Waals surface area contributed by atoms with Crippen molar-refractivity contribution in [3.8, 4) is 11.5 Å². The highest BCUT2D eigenvalue weighted by molar-refractivity contribution is 6.30. The lowest BCUT2D eigenvalue weighted by molar-refractivity contribution is 0.194. The van der Waals surface area contributed by atoms with Crippen LogP contribution in [-0.4, -0.2) is 17.7 Å². The third-order valence-electron chi connectivity index (χ3n) is 2.66. The van der Waals surface area contributed by atoms with E-state index in [2.05, 4.69) is 5.32 Å². The van der Waals surface area contributed by atoms with Gasteiger partial charge in [0.15, 0.2) is 0 Å². The van der Waals surface area contributed by atoms with Gasteiger partial charge in [0.25, 0.3) is 0 Å². The van der Waals surface area contributed by atoms with E-state index in [-0.39, 0.29) is 0 Å². The van der Waals surface area contributed by atoms with Crippen molar-refractivity contribution >= 4 is 17.7 Å². The zero-order valence-electron chi connectivity index (χ0n) is 10.7. The topological polar surface area (TPSA) is 58.6 Å². The van der Waals surface area contributed by atoms with E-state index in [1.165, 1.54) is 0 Å². The van der Waals surface area contributed by atoms with Crippen LogP contribution in [0.4, 0.5) is 4.79 Å². The fourth-order valence-electron chi connectivity index (χ4n) is 1.68. The lowest BCUT2D eigenvalue weighted by atomic mass is 10.1. The lowest BCUT2D eigenvalue weighted by Crippen LogP contribution is -2.23. The molecule has 0 bridgehead atoms. The van der Waals surface area contributed by atoms with Crippen LogP contribution >= 0.6 is 11.6 Å². The molecule has 0 aromatic heterocycles. The summed E-state index contributed by atoms with van der Waals surface area (Å²) in [5.41, 5.74) is 1.04. The Bertz CT molecular complexity index is 567. The number of carboxylic acid groups (broad SMARTS) is 1. The van der Waals surface area contributed by atoms with Crippen molar-refractivity contribution in [2.75, 3.05) is 6.54 Å². The van der Waals surface area contributed by atoms with E-state index >= 15 is 0 Å². The third kappa shape index (κ3) is 4.48. The Balaban J connectivity index is 1.91. The summed E-state index contributed by atoms with van der Waals surface area (Å²) in [7, 11) is 0. The van der Waals surface area contributed by atoms with Crippen LogP contribution in [0.15, 0.2) is 48.5 Å². The summed E-state index contributed by atoms with van der Waals surface area (Å²) in [5, 5.41) is 11.5. The zero-order chi connectivity index (χ0) is 14.4. The molecule has 2 rings (SSSR count). The van der Waals surface area contributed by atoms with Gasteiger partial charge in [-0.05, 0) is 48.4 Å². The first-order chi connectivity index (χ1) is 9.63. The smallest absolute Gasteiger partial charge is 0.404 e. The van der Waals surface area contributed by atoms with Crippen LogP contribution < -0.4 is 10.1 Å². The molecule has 5 heteroatoms. The van der Waals surface area contributed by atoms with Crippen LogP contribution in [0.2, 0.25) is 5.02 Å². The average molecular weight is 292 g/mol. The number of rotatable bonds is 5. The Morgan fingerprint density at radius 2 is 1.60 bits per heavy atom. The van der Waals surface area contributed by atoms with Gasteiger partial charge in [0.05, 0.1) is 0 Å². The van der Waals surface area contributed by atoms with Gasteiger partial charge in [-0.3, -0.25) is 0 Å². The first kappa shape index (κ1) is 14.2. The van der Waals surface area contributed by atoms with E-state index in [0.29, 0.717) is 18.0 Å². The van der Waals surface area contributed by atoms with Gasteiger partial charge in [0.1, 0.15) is 11.5 Å². The molecule has 0 atom stereocenters. The van der Waals surface area contributed by atoms with Crippen LogP contribution in [0.25, 0.3) is 0 Å². The maximum Gasteiger partial charge on any atom is 0.404 e. The molecule has 104 valence electrons. The quantitative estimate of drug-likeness (QED) is 0.877. The van der Waals surface area contributed by atoms with Crippen molar-refractivity contribution in [2.45, 2.75) is 6.42 Å². The van der Waals surface area contributed by atoms with Gasteiger partial charge >= 0.3 is 6.09 Å². The van der Waals surface area contributed by atoms with Crippen molar-refractivity contribution in [3.63, 3.8) is 0 Å². The van der Waals surface area contributed by atoms with Gasteiger partial charge in [0.2, 0.25) is 0 Å².